The van der Waals surface area contributed by atoms with Gasteiger partial charge in [0.15, 0.2) is 0 Å². The van der Waals surface area contributed by atoms with Crippen LogP contribution < -0.4 is 5.32 Å². The number of likely N-dealkylation sites (N-methyl/N-ethyl adjacent to an activating group) is 1. The lowest BCUT2D eigenvalue weighted by Crippen LogP contribution is -2.42. The van der Waals surface area contributed by atoms with Crippen LogP contribution in [0.15, 0.2) is 41.4 Å². The number of hydrogen-bond donors (Lipinski definition) is 2. The summed E-state index contributed by atoms with van der Waals surface area (Å²) in [5.41, 5.74) is 3.50. The number of carbonyl (C=O) groups excluding carboxylic acids is 1. The Morgan fingerprint density at radius 2 is 1.91 bits per heavy atom. The second-order valence-corrected chi connectivity index (χ2v) is 10.7. The monoisotopic (exact) mass is 487 g/mol. The van der Waals surface area contributed by atoms with Gasteiger partial charge < -0.3 is 15.0 Å². The van der Waals surface area contributed by atoms with Crippen LogP contribution in [-0.4, -0.2) is 60.0 Å². The molecule has 1 aromatic carbocycles. The van der Waals surface area contributed by atoms with Crippen molar-refractivity contribution < 1.29 is 17.9 Å². The fourth-order valence-electron chi connectivity index (χ4n) is 3.81. The first-order valence-corrected chi connectivity index (χ1v) is 12.8. The van der Waals surface area contributed by atoms with Gasteiger partial charge in [-0.1, -0.05) is 26.0 Å². The quantitative estimate of drug-likeness (QED) is 0.451. The summed E-state index contributed by atoms with van der Waals surface area (Å²) in [5, 5.41) is 2.56. The molecule has 0 spiro atoms. The van der Waals surface area contributed by atoms with E-state index in [9.17, 15) is 13.2 Å². The number of ether oxygens (including phenoxy) is 1. The summed E-state index contributed by atoms with van der Waals surface area (Å²) in [6.45, 7) is 8.12. The van der Waals surface area contributed by atoms with Crippen molar-refractivity contribution in [2.24, 2.45) is 5.92 Å². The number of benzene rings is 1. The Morgan fingerprint density at radius 1 is 1.21 bits per heavy atom. The highest BCUT2D eigenvalue weighted by Gasteiger charge is 2.29. The van der Waals surface area contributed by atoms with Gasteiger partial charge in [-0.3, -0.25) is 4.98 Å². The van der Waals surface area contributed by atoms with Gasteiger partial charge in [0, 0.05) is 26.2 Å². The Bertz CT molecular complexity index is 1220. The number of rotatable bonds is 10. The van der Waals surface area contributed by atoms with Crippen LogP contribution in [0.1, 0.15) is 44.3 Å². The van der Waals surface area contributed by atoms with Gasteiger partial charge in [0.25, 0.3) is 0 Å². The minimum atomic E-state index is -3.78. The number of imidazole rings is 1. The third-order valence-corrected chi connectivity index (χ3v) is 7.48. The number of pyridine rings is 1. The van der Waals surface area contributed by atoms with Crippen molar-refractivity contribution in [2.75, 3.05) is 20.2 Å². The molecule has 0 bridgehead atoms. The number of aryl methyl sites for hydroxylation is 1. The maximum atomic E-state index is 13.3. The third-order valence-electron chi connectivity index (χ3n) is 5.55. The molecule has 2 N–H and O–H groups in total. The van der Waals surface area contributed by atoms with Crippen LogP contribution in [0.5, 0.6) is 0 Å². The Labute approximate surface area is 201 Å². The first-order chi connectivity index (χ1) is 16.1. The number of aromatic amines is 1. The lowest BCUT2D eigenvalue weighted by Gasteiger charge is -2.28. The maximum absolute atomic E-state index is 13.3. The molecule has 10 heteroatoms. The summed E-state index contributed by atoms with van der Waals surface area (Å²) in [5.74, 6) is 1.05. The lowest BCUT2D eigenvalue weighted by molar-refractivity contribution is 0.116. The van der Waals surface area contributed by atoms with Crippen molar-refractivity contribution in [3.05, 3.63) is 53.6 Å². The van der Waals surface area contributed by atoms with Crippen LogP contribution in [0.3, 0.4) is 0 Å². The molecule has 184 valence electrons. The zero-order chi connectivity index (χ0) is 24.9. The summed E-state index contributed by atoms with van der Waals surface area (Å²) in [7, 11) is -2.25. The number of alkyl carbamates (subject to hydrolysis) is 1. The van der Waals surface area contributed by atoms with E-state index in [1.165, 1.54) is 11.4 Å². The van der Waals surface area contributed by atoms with Crippen LogP contribution in [0.4, 0.5) is 4.79 Å². The molecule has 1 amide bonds. The average Bonchev–Trinajstić information content (AvgIpc) is 3.18. The number of H-pyrrole nitrogens is 1. The van der Waals surface area contributed by atoms with Gasteiger partial charge in [-0.25, -0.2) is 18.2 Å². The number of nitrogens with one attached hydrogen (secondary N) is 2. The van der Waals surface area contributed by atoms with Crippen molar-refractivity contribution in [3.8, 4) is 0 Å². The van der Waals surface area contributed by atoms with Crippen LogP contribution >= 0.6 is 0 Å². The third kappa shape index (κ3) is 6.12. The van der Waals surface area contributed by atoms with E-state index in [1.807, 2.05) is 26.8 Å². The molecule has 3 rings (SSSR count). The molecule has 0 fully saturated rings. The molecule has 0 saturated heterocycles. The Kier molecular flexibility index (Phi) is 8.27. The van der Waals surface area contributed by atoms with E-state index < -0.39 is 22.2 Å². The minimum absolute atomic E-state index is 0.0173. The normalized spacial score (nSPS) is 12.9. The number of sulfonamides is 1. The second kappa shape index (κ2) is 11.0. The van der Waals surface area contributed by atoms with Crippen LogP contribution in [0.2, 0.25) is 0 Å². The lowest BCUT2D eigenvalue weighted by atomic mass is 10.0. The average molecular weight is 488 g/mol. The van der Waals surface area contributed by atoms with Crippen LogP contribution in [0.25, 0.3) is 11.0 Å². The van der Waals surface area contributed by atoms with E-state index in [2.05, 4.69) is 20.3 Å². The van der Waals surface area contributed by atoms with Crippen molar-refractivity contribution in [1.29, 1.82) is 0 Å². The predicted octanol–water partition coefficient (Wildman–Crippen LogP) is 3.64. The fraction of sp³-hybridized carbons (Fsp3) is 0.458. The minimum Gasteiger partial charge on any atom is -0.448 e. The molecule has 34 heavy (non-hydrogen) atoms. The molecule has 2 heterocycles. The zero-order valence-corrected chi connectivity index (χ0v) is 21.1. The standard InChI is InChI=1S/C24H33N5O4S/c1-6-25-24(30)33-15-19(13-16(2)3)29(5)34(31,32)20-9-7-18(8-10-20)14-22-23-21(11-12-26-22)27-17(4)28-23/h7-12,16,19H,6,13-15H2,1-5H3,(H,25,30)(H,27,28)/t19-/m0/s1. The van der Waals surface area contributed by atoms with Gasteiger partial charge in [-0.2, -0.15) is 4.31 Å². The summed E-state index contributed by atoms with van der Waals surface area (Å²) in [6, 6.07) is 8.21. The van der Waals surface area contributed by atoms with Crippen molar-refractivity contribution >= 4 is 27.1 Å². The molecule has 2 aromatic heterocycles. The van der Waals surface area contributed by atoms with E-state index in [4.69, 9.17) is 4.74 Å². The summed E-state index contributed by atoms with van der Waals surface area (Å²) in [4.78, 5) is 24.1. The Hall–Kier alpha value is -2.98. The first kappa shape index (κ1) is 25.6. The molecule has 1 atom stereocenters. The van der Waals surface area contributed by atoms with Crippen molar-refractivity contribution in [1.82, 2.24) is 24.6 Å². The number of aromatic nitrogens is 3. The van der Waals surface area contributed by atoms with E-state index in [-0.39, 0.29) is 17.4 Å². The van der Waals surface area contributed by atoms with E-state index >= 15 is 0 Å². The highest BCUT2D eigenvalue weighted by molar-refractivity contribution is 7.89. The molecule has 0 saturated carbocycles. The van der Waals surface area contributed by atoms with E-state index in [0.717, 1.165) is 28.1 Å². The summed E-state index contributed by atoms with van der Waals surface area (Å²) < 4.78 is 33.2. The number of fused-ring (bicyclic) bond motifs is 1. The summed E-state index contributed by atoms with van der Waals surface area (Å²) >= 11 is 0. The van der Waals surface area contributed by atoms with Gasteiger partial charge >= 0.3 is 6.09 Å². The number of hydrogen-bond acceptors (Lipinski definition) is 6. The zero-order valence-electron chi connectivity index (χ0n) is 20.3. The highest BCUT2D eigenvalue weighted by Crippen LogP contribution is 2.23. The molecule has 3 aromatic rings. The highest BCUT2D eigenvalue weighted by atomic mass is 32.2. The smallest absolute Gasteiger partial charge is 0.407 e. The number of amides is 1. The summed E-state index contributed by atoms with van der Waals surface area (Å²) in [6.07, 6.45) is 2.28. The van der Waals surface area contributed by atoms with Crippen LogP contribution in [-0.2, 0) is 21.2 Å². The Balaban J connectivity index is 1.77. The molecule has 0 aliphatic heterocycles. The van der Waals surface area contributed by atoms with Gasteiger partial charge in [-0.15, -0.1) is 0 Å². The molecule has 9 nitrogen and oxygen atoms in total. The molecular formula is C24H33N5O4S. The second-order valence-electron chi connectivity index (χ2n) is 8.73. The van der Waals surface area contributed by atoms with Crippen LogP contribution in [0, 0.1) is 12.8 Å². The fourth-order valence-corrected chi connectivity index (χ4v) is 5.16. The van der Waals surface area contributed by atoms with Crippen molar-refractivity contribution in [3.63, 3.8) is 0 Å². The number of carbonyl (C=O) groups is 1. The van der Waals surface area contributed by atoms with Gasteiger partial charge in [0.2, 0.25) is 10.0 Å². The van der Waals surface area contributed by atoms with E-state index in [1.54, 1.807) is 37.4 Å². The predicted molar refractivity (Wildman–Crippen MR) is 131 cm³/mol. The molecule has 0 unspecified atom stereocenters. The van der Waals surface area contributed by atoms with Gasteiger partial charge in [-0.05, 0) is 49.9 Å². The van der Waals surface area contributed by atoms with Gasteiger partial charge in [0.1, 0.15) is 17.9 Å². The SMILES string of the molecule is CCNC(=O)OC[C@H](CC(C)C)N(C)S(=O)(=O)c1ccc(Cc2nccc3[nH]c(C)nc23)cc1. The van der Waals surface area contributed by atoms with E-state index in [0.29, 0.717) is 19.4 Å². The topological polar surface area (TPSA) is 117 Å². The molecule has 0 aliphatic carbocycles. The largest absolute Gasteiger partial charge is 0.448 e. The van der Waals surface area contributed by atoms with Gasteiger partial charge in [0.05, 0.1) is 22.1 Å². The number of nitrogens with zero attached hydrogens (tertiary/aromatic N) is 3. The molecule has 0 radical (unpaired) electrons. The molecule has 0 aliphatic rings. The molecular weight excluding hydrogens is 454 g/mol. The maximum Gasteiger partial charge on any atom is 0.407 e. The first-order valence-electron chi connectivity index (χ1n) is 11.4. The van der Waals surface area contributed by atoms with Crippen molar-refractivity contribution in [2.45, 2.75) is 51.5 Å². The Morgan fingerprint density at radius 3 is 2.56 bits per heavy atom.